The van der Waals surface area contributed by atoms with Crippen molar-refractivity contribution in [1.29, 1.82) is 0 Å². The Hall–Kier alpha value is -1.63. The lowest BCUT2D eigenvalue weighted by molar-refractivity contribution is 0.0552. The van der Waals surface area contributed by atoms with E-state index in [1.54, 1.807) is 4.68 Å². The summed E-state index contributed by atoms with van der Waals surface area (Å²) in [6, 6.07) is 0.162. The van der Waals surface area contributed by atoms with Crippen LogP contribution in [0.25, 0.3) is 0 Å². The molecule has 98 valence electrons. The predicted molar refractivity (Wildman–Crippen MR) is 62.5 cm³/mol. The molecule has 3 rings (SSSR count). The van der Waals surface area contributed by atoms with Crippen LogP contribution in [-0.4, -0.2) is 47.1 Å². The summed E-state index contributed by atoms with van der Waals surface area (Å²) in [5, 5.41) is 7.38. The van der Waals surface area contributed by atoms with E-state index in [4.69, 9.17) is 4.74 Å². The number of esters is 1. The van der Waals surface area contributed by atoms with E-state index in [1.165, 1.54) is 7.11 Å². The number of aromatic nitrogens is 3. The van der Waals surface area contributed by atoms with Gasteiger partial charge in [0, 0.05) is 13.2 Å². The molecule has 1 saturated heterocycles. The molecule has 0 saturated carbocycles. The average Bonchev–Trinajstić information content (AvgIpc) is 3.05. The minimum atomic E-state index is -0.509. The molecule has 2 unspecified atom stereocenters. The van der Waals surface area contributed by atoms with Gasteiger partial charge in [-0.2, -0.15) is 4.98 Å². The third-order valence-electron chi connectivity index (χ3n) is 3.43. The first-order valence-electron chi connectivity index (χ1n) is 6.20. The third kappa shape index (κ3) is 1.84. The van der Waals surface area contributed by atoms with Gasteiger partial charge in [0.2, 0.25) is 5.95 Å². The second kappa shape index (κ2) is 4.56. The van der Waals surface area contributed by atoms with Crippen LogP contribution < -0.4 is 5.32 Å². The van der Waals surface area contributed by atoms with Crippen LogP contribution in [0.2, 0.25) is 0 Å². The van der Waals surface area contributed by atoms with E-state index in [0.29, 0.717) is 5.95 Å². The summed E-state index contributed by atoms with van der Waals surface area (Å²) in [6.45, 7) is 1.63. The number of methoxy groups -OCH3 is 1. The highest BCUT2D eigenvalue weighted by atomic mass is 16.5. The van der Waals surface area contributed by atoms with E-state index >= 15 is 0 Å². The highest BCUT2D eigenvalue weighted by Gasteiger charge is 2.33. The predicted octanol–water partition coefficient (Wildman–Crippen LogP) is 0.600. The summed E-state index contributed by atoms with van der Waals surface area (Å²) in [5.74, 6) is 0.219. The van der Waals surface area contributed by atoms with Gasteiger partial charge in [-0.15, -0.1) is 5.10 Å². The molecule has 0 bridgehead atoms. The average molecular weight is 252 g/mol. The zero-order chi connectivity index (χ0) is 12.5. The van der Waals surface area contributed by atoms with Crippen molar-refractivity contribution >= 4 is 11.9 Å². The fourth-order valence-electron chi connectivity index (χ4n) is 2.56. The van der Waals surface area contributed by atoms with E-state index in [-0.39, 0.29) is 18.0 Å². The van der Waals surface area contributed by atoms with Crippen LogP contribution in [0.4, 0.5) is 5.95 Å². The fraction of sp³-hybridized carbons (Fsp3) is 0.727. The van der Waals surface area contributed by atoms with Crippen molar-refractivity contribution in [3.8, 4) is 0 Å². The molecule has 0 aliphatic carbocycles. The van der Waals surface area contributed by atoms with Crippen molar-refractivity contribution in [1.82, 2.24) is 14.8 Å². The molecule has 1 aromatic heterocycles. The van der Waals surface area contributed by atoms with Crippen molar-refractivity contribution in [2.45, 2.75) is 31.4 Å². The fourth-order valence-corrected chi connectivity index (χ4v) is 2.56. The number of carbonyl (C=O) groups is 1. The quantitative estimate of drug-likeness (QED) is 0.777. The van der Waals surface area contributed by atoms with Gasteiger partial charge in [0.05, 0.1) is 19.3 Å². The molecular formula is C11H16N4O3. The van der Waals surface area contributed by atoms with Crippen LogP contribution in [0, 0.1) is 0 Å². The lowest BCUT2D eigenvalue weighted by Crippen LogP contribution is -2.32. The summed E-state index contributed by atoms with van der Waals surface area (Å²) in [6.07, 6.45) is 3.24. The van der Waals surface area contributed by atoms with Gasteiger partial charge in [-0.25, -0.2) is 9.48 Å². The molecule has 0 spiro atoms. The summed E-state index contributed by atoms with van der Waals surface area (Å²) in [4.78, 5) is 15.6. The van der Waals surface area contributed by atoms with Gasteiger partial charge in [0.15, 0.2) is 0 Å². The van der Waals surface area contributed by atoms with Gasteiger partial charge in [-0.1, -0.05) is 0 Å². The lowest BCUT2D eigenvalue weighted by atomic mass is 10.0. The molecule has 2 aliphatic heterocycles. The van der Waals surface area contributed by atoms with Crippen LogP contribution in [0.3, 0.4) is 0 Å². The van der Waals surface area contributed by atoms with E-state index in [2.05, 4.69) is 20.1 Å². The van der Waals surface area contributed by atoms with Crippen molar-refractivity contribution in [3.05, 3.63) is 5.82 Å². The molecule has 2 aliphatic rings. The Labute approximate surface area is 104 Å². The zero-order valence-electron chi connectivity index (χ0n) is 10.3. The molecule has 1 N–H and O–H groups in total. The topological polar surface area (TPSA) is 78.3 Å². The van der Waals surface area contributed by atoms with Gasteiger partial charge in [0.25, 0.3) is 5.82 Å². The Bertz CT molecular complexity index is 453. The SMILES string of the molecule is COC(=O)c1nc2n(n1)C(C1CCCO1)CCN2. The van der Waals surface area contributed by atoms with Crippen LogP contribution >= 0.6 is 0 Å². The van der Waals surface area contributed by atoms with Crippen molar-refractivity contribution < 1.29 is 14.3 Å². The van der Waals surface area contributed by atoms with Gasteiger partial charge in [-0.3, -0.25) is 0 Å². The molecule has 7 heteroatoms. The van der Waals surface area contributed by atoms with Crippen molar-refractivity contribution in [2.24, 2.45) is 0 Å². The number of hydrogen-bond donors (Lipinski definition) is 1. The molecule has 1 aromatic rings. The van der Waals surface area contributed by atoms with Gasteiger partial charge in [-0.05, 0) is 19.3 Å². The van der Waals surface area contributed by atoms with E-state index < -0.39 is 5.97 Å². The maximum Gasteiger partial charge on any atom is 0.378 e. The van der Waals surface area contributed by atoms with Gasteiger partial charge < -0.3 is 14.8 Å². The largest absolute Gasteiger partial charge is 0.463 e. The number of carbonyl (C=O) groups excluding carboxylic acids is 1. The highest BCUT2D eigenvalue weighted by Crippen LogP contribution is 2.31. The Morgan fingerprint density at radius 3 is 3.17 bits per heavy atom. The van der Waals surface area contributed by atoms with Crippen molar-refractivity contribution in [2.75, 3.05) is 25.6 Å². The normalized spacial score (nSPS) is 26.5. The minimum Gasteiger partial charge on any atom is -0.463 e. The Balaban J connectivity index is 1.89. The Morgan fingerprint density at radius 2 is 2.44 bits per heavy atom. The maximum absolute atomic E-state index is 11.4. The molecule has 1 fully saturated rings. The molecule has 2 atom stereocenters. The second-order valence-electron chi connectivity index (χ2n) is 4.53. The van der Waals surface area contributed by atoms with Crippen LogP contribution in [-0.2, 0) is 9.47 Å². The summed E-state index contributed by atoms with van der Waals surface area (Å²) in [5.41, 5.74) is 0. The van der Waals surface area contributed by atoms with E-state index in [0.717, 1.165) is 32.4 Å². The maximum atomic E-state index is 11.4. The summed E-state index contributed by atoms with van der Waals surface area (Å²) >= 11 is 0. The van der Waals surface area contributed by atoms with Crippen LogP contribution in [0.1, 0.15) is 35.9 Å². The standard InChI is InChI=1S/C11H16N4O3/c1-17-10(16)9-13-11-12-5-4-7(15(11)14-9)8-3-2-6-18-8/h7-8H,2-6H2,1H3,(H,12,13,14). The third-order valence-corrected chi connectivity index (χ3v) is 3.43. The number of ether oxygens (including phenoxy) is 2. The Kier molecular flexibility index (Phi) is 2.91. The first-order chi connectivity index (χ1) is 8.79. The molecule has 0 amide bonds. The summed E-state index contributed by atoms with van der Waals surface area (Å²) < 4.78 is 12.1. The smallest absolute Gasteiger partial charge is 0.378 e. The molecule has 18 heavy (non-hydrogen) atoms. The minimum absolute atomic E-state index is 0.102. The second-order valence-corrected chi connectivity index (χ2v) is 4.53. The first-order valence-corrected chi connectivity index (χ1v) is 6.20. The monoisotopic (exact) mass is 252 g/mol. The number of rotatable bonds is 2. The molecule has 3 heterocycles. The number of anilines is 1. The zero-order valence-corrected chi connectivity index (χ0v) is 10.3. The van der Waals surface area contributed by atoms with Gasteiger partial charge in [0.1, 0.15) is 0 Å². The molecule has 7 nitrogen and oxygen atoms in total. The van der Waals surface area contributed by atoms with Gasteiger partial charge >= 0.3 is 5.97 Å². The lowest BCUT2D eigenvalue weighted by Gasteiger charge is -2.28. The highest BCUT2D eigenvalue weighted by molar-refractivity contribution is 5.85. The number of nitrogens with zero attached hydrogens (tertiary/aromatic N) is 3. The number of fused-ring (bicyclic) bond motifs is 1. The number of nitrogens with one attached hydrogen (secondary N) is 1. The first kappa shape index (κ1) is 11.5. The Morgan fingerprint density at radius 1 is 1.56 bits per heavy atom. The van der Waals surface area contributed by atoms with Crippen LogP contribution in [0.5, 0.6) is 0 Å². The van der Waals surface area contributed by atoms with Crippen molar-refractivity contribution in [3.63, 3.8) is 0 Å². The van der Waals surface area contributed by atoms with E-state index in [9.17, 15) is 4.79 Å². The molecular weight excluding hydrogens is 236 g/mol. The summed E-state index contributed by atoms with van der Waals surface area (Å²) in [7, 11) is 1.33. The number of hydrogen-bond acceptors (Lipinski definition) is 6. The van der Waals surface area contributed by atoms with Crippen LogP contribution in [0.15, 0.2) is 0 Å². The molecule has 0 aromatic carbocycles. The van der Waals surface area contributed by atoms with E-state index in [1.807, 2.05) is 0 Å². The molecule has 0 radical (unpaired) electrons.